The maximum atomic E-state index is 10.6. The zero-order valence-electron chi connectivity index (χ0n) is 11.8. The highest BCUT2D eigenvalue weighted by atomic mass is 16.7. The maximum Gasteiger partial charge on any atom is 0.231 e. The first-order valence-electron chi connectivity index (χ1n) is 7.56. The van der Waals surface area contributed by atoms with Crippen LogP contribution in [0.1, 0.15) is 17.0 Å². The molecule has 1 saturated carbocycles. The van der Waals surface area contributed by atoms with Gasteiger partial charge in [0.05, 0.1) is 6.10 Å². The van der Waals surface area contributed by atoms with Crippen LogP contribution in [0.15, 0.2) is 23.8 Å². The van der Waals surface area contributed by atoms with Crippen LogP contribution in [-0.4, -0.2) is 57.9 Å². The van der Waals surface area contributed by atoms with E-state index in [0.717, 1.165) is 35.5 Å². The highest BCUT2D eigenvalue weighted by Gasteiger charge is 2.53. The van der Waals surface area contributed by atoms with Crippen LogP contribution in [0.4, 0.5) is 0 Å². The Labute approximate surface area is 127 Å². The molecule has 0 aromatic heterocycles. The minimum absolute atomic E-state index is 0.0544. The number of ether oxygens (including phenoxy) is 2. The summed E-state index contributed by atoms with van der Waals surface area (Å²) in [4.78, 5) is 2.23. The fourth-order valence-electron chi connectivity index (χ4n) is 4.36. The molecule has 0 radical (unpaired) electrons. The summed E-state index contributed by atoms with van der Waals surface area (Å²) in [5.74, 6) is 1.16. The van der Waals surface area contributed by atoms with Gasteiger partial charge in [0, 0.05) is 25.0 Å². The molecular weight excluding hydrogens is 286 g/mol. The van der Waals surface area contributed by atoms with E-state index in [1.165, 1.54) is 0 Å². The van der Waals surface area contributed by atoms with E-state index in [0.29, 0.717) is 5.75 Å². The third-order valence-electron chi connectivity index (χ3n) is 5.39. The van der Waals surface area contributed by atoms with E-state index >= 15 is 0 Å². The van der Waals surface area contributed by atoms with E-state index in [1.807, 2.05) is 18.2 Å². The van der Waals surface area contributed by atoms with E-state index in [-0.39, 0.29) is 18.8 Å². The lowest BCUT2D eigenvalue weighted by Gasteiger charge is -2.48. The highest BCUT2D eigenvalue weighted by molar-refractivity contribution is 5.53. The fraction of sp³-hybridized carbons (Fsp3) is 0.500. The molecule has 6 nitrogen and oxygen atoms in total. The molecule has 3 N–H and O–H groups in total. The van der Waals surface area contributed by atoms with Crippen molar-refractivity contribution >= 4 is 0 Å². The summed E-state index contributed by atoms with van der Waals surface area (Å²) >= 11 is 0. The Bertz CT molecular complexity index is 687. The van der Waals surface area contributed by atoms with Crippen molar-refractivity contribution in [3.05, 3.63) is 34.9 Å². The predicted octanol–water partition coefficient (Wildman–Crippen LogP) is -0.281. The minimum atomic E-state index is -1.16. The summed E-state index contributed by atoms with van der Waals surface area (Å²) in [5.41, 5.74) is 2.89. The molecule has 3 heterocycles. The number of aliphatic hydroxyl groups excluding tert-OH is 3. The summed E-state index contributed by atoms with van der Waals surface area (Å²) in [7, 11) is 0. The van der Waals surface area contributed by atoms with Gasteiger partial charge in [-0.25, -0.2) is 0 Å². The average Bonchev–Trinajstić information content (AvgIpc) is 3.13. The Morgan fingerprint density at radius 3 is 2.64 bits per heavy atom. The van der Waals surface area contributed by atoms with E-state index < -0.39 is 18.3 Å². The quantitative estimate of drug-likeness (QED) is 0.572. The van der Waals surface area contributed by atoms with E-state index in [1.54, 1.807) is 0 Å². The van der Waals surface area contributed by atoms with Gasteiger partial charge in [-0.05, 0) is 28.8 Å². The van der Waals surface area contributed by atoms with Crippen molar-refractivity contribution in [2.45, 2.75) is 36.8 Å². The van der Waals surface area contributed by atoms with Crippen LogP contribution in [0.5, 0.6) is 11.5 Å². The summed E-state index contributed by atoms with van der Waals surface area (Å²) in [6.07, 6.45) is -1.18. The summed E-state index contributed by atoms with van der Waals surface area (Å²) in [5, 5.41) is 31.0. The number of rotatable bonds is 0. The smallest absolute Gasteiger partial charge is 0.231 e. The molecule has 116 valence electrons. The lowest BCUT2D eigenvalue weighted by Crippen LogP contribution is -2.57. The third kappa shape index (κ3) is 1.48. The maximum absolute atomic E-state index is 10.6. The van der Waals surface area contributed by atoms with Crippen LogP contribution in [0.25, 0.3) is 0 Å². The van der Waals surface area contributed by atoms with Gasteiger partial charge in [0.1, 0.15) is 12.2 Å². The molecule has 0 unspecified atom stereocenters. The van der Waals surface area contributed by atoms with E-state index in [2.05, 4.69) is 4.90 Å². The van der Waals surface area contributed by atoms with Gasteiger partial charge in [-0.1, -0.05) is 6.08 Å². The lowest BCUT2D eigenvalue weighted by atomic mass is 9.70. The van der Waals surface area contributed by atoms with Crippen molar-refractivity contribution in [1.29, 1.82) is 0 Å². The van der Waals surface area contributed by atoms with Crippen LogP contribution in [0.2, 0.25) is 0 Å². The second-order valence-corrected chi connectivity index (χ2v) is 6.43. The van der Waals surface area contributed by atoms with Gasteiger partial charge >= 0.3 is 0 Å². The van der Waals surface area contributed by atoms with Crippen molar-refractivity contribution in [2.24, 2.45) is 0 Å². The van der Waals surface area contributed by atoms with Crippen molar-refractivity contribution < 1.29 is 24.8 Å². The second-order valence-electron chi connectivity index (χ2n) is 6.43. The first-order chi connectivity index (χ1) is 10.6. The summed E-state index contributed by atoms with van der Waals surface area (Å²) < 4.78 is 10.9. The molecule has 1 aromatic carbocycles. The Morgan fingerprint density at radius 2 is 1.82 bits per heavy atom. The van der Waals surface area contributed by atoms with Crippen LogP contribution in [-0.2, 0) is 6.54 Å². The lowest BCUT2D eigenvalue weighted by molar-refractivity contribution is -0.0903. The van der Waals surface area contributed by atoms with Crippen LogP contribution >= 0.6 is 0 Å². The fourth-order valence-corrected chi connectivity index (χ4v) is 4.36. The molecule has 22 heavy (non-hydrogen) atoms. The zero-order valence-corrected chi connectivity index (χ0v) is 11.8. The third-order valence-corrected chi connectivity index (χ3v) is 5.39. The molecule has 1 fully saturated rings. The zero-order chi connectivity index (χ0) is 15.0. The largest absolute Gasteiger partial charge is 0.454 e. The summed E-state index contributed by atoms with van der Waals surface area (Å²) in [6.45, 7) is 1.68. The minimum Gasteiger partial charge on any atom is -0.454 e. The number of hydrogen-bond acceptors (Lipinski definition) is 6. The SMILES string of the molecule is O[C@@H]1[C@@H](O)[C@H](O)C2=CCN3Cc4cc5c(cc4[C@H]1[C@H]23)OCO5. The van der Waals surface area contributed by atoms with Gasteiger partial charge in [-0.2, -0.15) is 0 Å². The Kier molecular flexibility index (Phi) is 2.48. The first-order valence-corrected chi connectivity index (χ1v) is 7.56. The molecule has 6 heteroatoms. The van der Waals surface area contributed by atoms with Gasteiger partial charge in [0.15, 0.2) is 11.5 Å². The molecule has 0 bridgehead atoms. The second kappa shape index (κ2) is 4.23. The molecule has 1 aromatic rings. The molecule has 1 aliphatic carbocycles. The van der Waals surface area contributed by atoms with Gasteiger partial charge in [-0.15, -0.1) is 0 Å². The normalized spacial score (nSPS) is 38.5. The topological polar surface area (TPSA) is 82.4 Å². The molecule has 0 saturated heterocycles. The number of benzene rings is 1. The molecule has 3 aliphatic heterocycles. The van der Waals surface area contributed by atoms with Crippen LogP contribution in [0.3, 0.4) is 0 Å². The Balaban J connectivity index is 1.68. The van der Waals surface area contributed by atoms with Crippen molar-refractivity contribution in [2.75, 3.05) is 13.3 Å². The van der Waals surface area contributed by atoms with E-state index in [4.69, 9.17) is 9.47 Å². The van der Waals surface area contributed by atoms with Gasteiger partial charge in [0.2, 0.25) is 6.79 Å². The van der Waals surface area contributed by atoms with E-state index in [9.17, 15) is 15.3 Å². The molecule has 5 atom stereocenters. The Hall–Kier alpha value is -1.60. The average molecular weight is 303 g/mol. The predicted molar refractivity (Wildman–Crippen MR) is 75.6 cm³/mol. The standard InChI is InChI=1S/C16H17NO5/c18-14-8-1-2-17-5-7-3-10-11(22-6-21-10)4-9(7)12(13(8)17)15(19)16(14)20/h1,3-4,12-16,18-20H,2,5-6H2/t12-,13-,14+,15-,16-/m0/s1. The van der Waals surface area contributed by atoms with Crippen LogP contribution < -0.4 is 9.47 Å². The summed E-state index contributed by atoms with van der Waals surface area (Å²) in [6, 6.07) is 3.83. The van der Waals surface area contributed by atoms with Crippen molar-refractivity contribution in [1.82, 2.24) is 4.90 Å². The van der Waals surface area contributed by atoms with Crippen molar-refractivity contribution in [3.8, 4) is 11.5 Å². The van der Waals surface area contributed by atoms with Gasteiger partial charge < -0.3 is 24.8 Å². The number of nitrogens with zero attached hydrogens (tertiary/aromatic N) is 1. The molecular formula is C16H17NO5. The first kappa shape index (κ1) is 12.9. The number of hydrogen-bond donors (Lipinski definition) is 3. The van der Waals surface area contributed by atoms with Gasteiger partial charge in [-0.3, -0.25) is 4.90 Å². The molecule has 5 rings (SSSR count). The van der Waals surface area contributed by atoms with Gasteiger partial charge in [0.25, 0.3) is 0 Å². The Morgan fingerprint density at radius 1 is 1.05 bits per heavy atom. The van der Waals surface area contributed by atoms with Crippen LogP contribution in [0, 0.1) is 0 Å². The molecule has 0 spiro atoms. The number of aliphatic hydroxyl groups is 3. The van der Waals surface area contributed by atoms with Crippen molar-refractivity contribution in [3.63, 3.8) is 0 Å². The number of fused-ring (bicyclic) bond motifs is 3. The monoisotopic (exact) mass is 303 g/mol. The highest BCUT2D eigenvalue weighted by Crippen LogP contribution is 2.49. The molecule has 4 aliphatic rings. The molecule has 0 amide bonds.